The van der Waals surface area contributed by atoms with E-state index >= 15 is 0 Å². The van der Waals surface area contributed by atoms with Gasteiger partial charge >= 0.3 is 0 Å². The molecule has 3 N–H and O–H groups in total. The number of hydrogen-bond acceptors (Lipinski definition) is 4. The lowest BCUT2D eigenvalue weighted by Gasteiger charge is -2.15. The lowest BCUT2D eigenvalue weighted by atomic mass is 10.1. The van der Waals surface area contributed by atoms with Crippen molar-refractivity contribution in [1.82, 2.24) is 4.98 Å². The van der Waals surface area contributed by atoms with Crippen molar-refractivity contribution in [3.8, 4) is 5.88 Å². The van der Waals surface area contributed by atoms with E-state index in [-0.39, 0.29) is 11.9 Å². The van der Waals surface area contributed by atoms with E-state index in [1.54, 1.807) is 12.3 Å². The monoisotopic (exact) mass is 223 g/mol. The topological polar surface area (TPSA) is 80.7 Å². The Balaban J connectivity index is 3.13. The van der Waals surface area contributed by atoms with Gasteiger partial charge in [0.15, 0.2) is 5.84 Å². The molecule has 1 aromatic heterocycles. The van der Waals surface area contributed by atoms with Gasteiger partial charge in [-0.2, -0.15) is 0 Å². The molecule has 1 aromatic rings. The van der Waals surface area contributed by atoms with Crippen LogP contribution in [0.15, 0.2) is 17.4 Å². The van der Waals surface area contributed by atoms with Crippen molar-refractivity contribution in [2.45, 2.75) is 33.3 Å². The van der Waals surface area contributed by atoms with Gasteiger partial charge in [0.2, 0.25) is 5.88 Å². The molecule has 5 heteroatoms. The zero-order valence-corrected chi connectivity index (χ0v) is 9.77. The van der Waals surface area contributed by atoms with Gasteiger partial charge in [-0.1, -0.05) is 12.1 Å². The average Bonchev–Trinajstić information content (AvgIpc) is 2.28. The van der Waals surface area contributed by atoms with Crippen LogP contribution in [-0.2, 0) is 0 Å². The molecule has 0 aliphatic carbocycles. The smallest absolute Gasteiger partial charge is 0.225 e. The molecule has 88 valence electrons. The Labute approximate surface area is 94.9 Å². The number of nitrogens with zero attached hydrogens (tertiary/aromatic N) is 2. The molecule has 0 amide bonds. The van der Waals surface area contributed by atoms with E-state index in [2.05, 4.69) is 10.1 Å². The van der Waals surface area contributed by atoms with Crippen LogP contribution in [0.2, 0.25) is 0 Å². The Morgan fingerprint density at radius 1 is 1.69 bits per heavy atom. The molecule has 1 unspecified atom stereocenters. The number of hydrogen-bond donors (Lipinski definition) is 2. The van der Waals surface area contributed by atoms with E-state index < -0.39 is 0 Å². The van der Waals surface area contributed by atoms with Crippen molar-refractivity contribution in [3.63, 3.8) is 0 Å². The summed E-state index contributed by atoms with van der Waals surface area (Å²) >= 11 is 0. The highest BCUT2D eigenvalue weighted by molar-refractivity contribution is 6.00. The molecule has 0 bridgehead atoms. The summed E-state index contributed by atoms with van der Waals surface area (Å²) in [6.07, 6.45) is 2.55. The molecule has 1 rings (SSSR count). The van der Waals surface area contributed by atoms with E-state index in [0.717, 1.165) is 12.0 Å². The third-order valence-corrected chi connectivity index (χ3v) is 2.38. The number of ether oxygens (including phenoxy) is 1. The lowest BCUT2D eigenvalue weighted by molar-refractivity contribution is 0.208. The second kappa shape index (κ2) is 5.34. The van der Waals surface area contributed by atoms with Gasteiger partial charge in [0.05, 0.1) is 11.7 Å². The molecule has 1 atom stereocenters. The van der Waals surface area contributed by atoms with Crippen LogP contribution in [0.4, 0.5) is 0 Å². The number of aromatic nitrogens is 1. The molecule has 0 fully saturated rings. The van der Waals surface area contributed by atoms with Crippen LogP contribution >= 0.6 is 0 Å². The SMILES string of the molecule is CCC(C)Oc1nccc(C)c1/C(N)=N/O. The van der Waals surface area contributed by atoms with E-state index in [1.165, 1.54) is 0 Å². The van der Waals surface area contributed by atoms with Crippen molar-refractivity contribution < 1.29 is 9.94 Å². The Kier molecular flexibility index (Phi) is 4.10. The number of amidine groups is 1. The number of oxime groups is 1. The van der Waals surface area contributed by atoms with Crippen LogP contribution in [0.25, 0.3) is 0 Å². The van der Waals surface area contributed by atoms with E-state index in [0.29, 0.717) is 11.4 Å². The molecule has 0 radical (unpaired) electrons. The third kappa shape index (κ3) is 2.62. The zero-order chi connectivity index (χ0) is 12.1. The summed E-state index contributed by atoms with van der Waals surface area (Å²) in [6.45, 7) is 5.82. The molecule has 0 saturated heterocycles. The summed E-state index contributed by atoms with van der Waals surface area (Å²) in [5, 5.41) is 11.7. The molecule has 0 aromatic carbocycles. The first-order chi connectivity index (χ1) is 7.60. The van der Waals surface area contributed by atoms with E-state index in [1.807, 2.05) is 20.8 Å². The first-order valence-electron chi connectivity index (χ1n) is 5.20. The minimum Gasteiger partial charge on any atom is -0.474 e. The summed E-state index contributed by atoms with van der Waals surface area (Å²) in [6, 6.07) is 1.79. The number of pyridine rings is 1. The summed E-state index contributed by atoms with van der Waals surface area (Å²) in [4.78, 5) is 4.10. The first-order valence-corrected chi connectivity index (χ1v) is 5.20. The van der Waals surface area contributed by atoms with Crippen molar-refractivity contribution >= 4 is 5.84 Å². The fourth-order valence-corrected chi connectivity index (χ4v) is 1.26. The standard InChI is InChI=1S/C11H17N3O2/c1-4-8(3)16-11-9(10(12)14-15)7(2)5-6-13-11/h5-6,8,15H,4H2,1-3H3,(H2,12,14). The van der Waals surface area contributed by atoms with Crippen molar-refractivity contribution in [1.29, 1.82) is 0 Å². The molecular weight excluding hydrogens is 206 g/mol. The van der Waals surface area contributed by atoms with Gasteiger partial charge in [-0.05, 0) is 31.9 Å². The fourth-order valence-electron chi connectivity index (χ4n) is 1.26. The van der Waals surface area contributed by atoms with Gasteiger partial charge < -0.3 is 15.7 Å². The summed E-state index contributed by atoms with van der Waals surface area (Å²) in [5.74, 6) is 0.425. The van der Waals surface area contributed by atoms with Gasteiger partial charge in [-0.25, -0.2) is 4.98 Å². The van der Waals surface area contributed by atoms with Gasteiger partial charge in [0.1, 0.15) is 0 Å². The Bertz CT molecular complexity index is 391. The minimum absolute atomic E-state index is 0.0175. The maximum absolute atomic E-state index is 8.71. The second-order valence-electron chi connectivity index (χ2n) is 3.63. The van der Waals surface area contributed by atoms with Crippen molar-refractivity contribution in [2.24, 2.45) is 10.9 Å². The summed E-state index contributed by atoms with van der Waals surface area (Å²) < 4.78 is 5.62. The number of nitrogens with two attached hydrogens (primary N) is 1. The minimum atomic E-state index is 0.0175. The van der Waals surface area contributed by atoms with Crippen LogP contribution in [0.5, 0.6) is 5.88 Å². The maximum Gasteiger partial charge on any atom is 0.225 e. The van der Waals surface area contributed by atoms with Crippen LogP contribution in [0.1, 0.15) is 31.4 Å². The molecule has 0 aliphatic heterocycles. The van der Waals surface area contributed by atoms with E-state index in [9.17, 15) is 0 Å². The average molecular weight is 223 g/mol. The molecular formula is C11H17N3O2. The predicted octanol–water partition coefficient (Wildman–Crippen LogP) is 1.66. The highest BCUT2D eigenvalue weighted by Crippen LogP contribution is 2.20. The summed E-state index contributed by atoms with van der Waals surface area (Å²) in [5.41, 5.74) is 7.00. The van der Waals surface area contributed by atoms with Gasteiger partial charge in [-0.3, -0.25) is 0 Å². The molecule has 5 nitrogen and oxygen atoms in total. The molecule has 0 spiro atoms. The van der Waals surface area contributed by atoms with Crippen LogP contribution < -0.4 is 10.5 Å². The highest BCUT2D eigenvalue weighted by atomic mass is 16.5. The molecule has 16 heavy (non-hydrogen) atoms. The third-order valence-electron chi connectivity index (χ3n) is 2.38. The summed E-state index contributed by atoms with van der Waals surface area (Å²) in [7, 11) is 0. The lowest BCUT2D eigenvalue weighted by Crippen LogP contribution is -2.20. The Morgan fingerprint density at radius 2 is 2.38 bits per heavy atom. The van der Waals surface area contributed by atoms with E-state index in [4.69, 9.17) is 15.7 Å². The Hall–Kier alpha value is -1.78. The van der Waals surface area contributed by atoms with Crippen LogP contribution in [0, 0.1) is 6.92 Å². The fraction of sp³-hybridized carbons (Fsp3) is 0.455. The van der Waals surface area contributed by atoms with Gasteiger partial charge in [-0.15, -0.1) is 0 Å². The molecule has 0 aliphatic rings. The van der Waals surface area contributed by atoms with Gasteiger partial charge in [0.25, 0.3) is 0 Å². The number of aryl methyl sites for hydroxylation is 1. The molecule has 0 saturated carbocycles. The van der Waals surface area contributed by atoms with Crippen LogP contribution in [0.3, 0.4) is 0 Å². The quantitative estimate of drug-likeness (QED) is 0.352. The Morgan fingerprint density at radius 3 is 2.94 bits per heavy atom. The highest BCUT2D eigenvalue weighted by Gasteiger charge is 2.14. The zero-order valence-electron chi connectivity index (χ0n) is 9.77. The molecule has 1 heterocycles. The predicted molar refractivity (Wildman–Crippen MR) is 61.9 cm³/mol. The van der Waals surface area contributed by atoms with Crippen molar-refractivity contribution in [3.05, 3.63) is 23.4 Å². The number of rotatable bonds is 4. The first kappa shape index (κ1) is 12.3. The van der Waals surface area contributed by atoms with Gasteiger partial charge in [0, 0.05) is 6.20 Å². The van der Waals surface area contributed by atoms with Crippen molar-refractivity contribution in [2.75, 3.05) is 0 Å². The van der Waals surface area contributed by atoms with Crippen LogP contribution in [-0.4, -0.2) is 22.1 Å². The largest absolute Gasteiger partial charge is 0.474 e. The maximum atomic E-state index is 8.71. The second-order valence-corrected chi connectivity index (χ2v) is 3.63. The normalized spacial score (nSPS) is 13.6.